The molecule has 0 unspecified atom stereocenters. The Labute approximate surface area is 61.6 Å². The Bertz CT molecular complexity index is 164. The van der Waals surface area contributed by atoms with Gasteiger partial charge in [-0.2, -0.15) is 0 Å². The van der Waals surface area contributed by atoms with Crippen molar-refractivity contribution in [2.75, 3.05) is 12.4 Å². The van der Waals surface area contributed by atoms with Gasteiger partial charge in [-0.05, 0) is 13.3 Å². The molecule has 0 heterocycles. The smallest absolute Gasteiger partial charge is 0.233 e. The zero-order valence-electron chi connectivity index (χ0n) is 6.25. The Morgan fingerprint density at radius 2 is 2.00 bits per heavy atom. The lowest BCUT2D eigenvalue weighted by molar-refractivity contribution is 0.105. The molecule has 0 aromatic carbocycles. The predicted molar refractivity (Wildman–Crippen MR) is 38.8 cm³/mol. The first-order valence-corrected chi connectivity index (χ1v) is 4.89. The Kier molecular flexibility index (Phi) is 4.59. The largest absolute Gasteiger partial charge is 0.287 e. The second kappa shape index (κ2) is 4.65. The second-order valence-electron chi connectivity index (χ2n) is 1.84. The predicted octanol–water partition coefficient (Wildman–Crippen LogP) is 0.267. The number of sulfonamides is 1. The average Bonchev–Trinajstić information content (AvgIpc) is 1.84. The normalized spacial score (nSPS) is 11.8. The number of hydrogen-bond donors (Lipinski definition) is 1. The summed E-state index contributed by atoms with van der Waals surface area (Å²) in [6.45, 7) is 3.86. The van der Waals surface area contributed by atoms with E-state index in [1.807, 2.05) is 4.89 Å². The van der Waals surface area contributed by atoms with E-state index in [0.717, 1.165) is 0 Å². The van der Waals surface area contributed by atoms with Crippen molar-refractivity contribution in [2.24, 2.45) is 0 Å². The third-order valence-corrected chi connectivity index (χ3v) is 2.12. The molecule has 0 amide bonds. The van der Waals surface area contributed by atoms with Crippen LogP contribution in [-0.4, -0.2) is 20.8 Å². The van der Waals surface area contributed by atoms with E-state index in [1.165, 1.54) is 0 Å². The Balaban J connectivity index is 3.65. The molecule has 0 rings (SSSR count). The number of rotatable bonds is 5. The van der Waals surface area contributed by atoms with Crippen LogP contribution < -0.4 is 4.89 Å². The van der Waals surface area contributed by atoms with Gasteiger partial charge in [0.25, 0.3) is 0 Å². The summed E-state index contributed by atoms with van der Waals surface area (Å²) in [6.07, 6.45) is 0.600. The zero-order chi connectivity index (χ0) is 8.04. The molecule has 0 radical (unpaired) electrons. The maximum atomic E-state index is 10.8. The maximum Gasteiger partial charge on any atom is 0.233 e. The highest BCUT2D eigenvalue weighted by Crippen LogP contribution is 1.87. The first-order chi connectivity index (χ1) is 4.62. The molecule has 0 fully saturated rings. The lowest BCUT2D eigenvalue weighted by atomic mass is 10.6. The maximum absolute atomic E-state index is 10.8. The van der Waals surface area contributed by atoms with Gasteiger partial charge in [-0.15, -0.1) is 0 Å². The molecule has 0 spiro atoms. The molecular weight excluding hydrogens is 154 g/mol. The minimum Gasteiger partial charge on any atom is -0.287 e. The van der Waals surface area contributed by atoms with Crippen molar-refractivity contribution in [2.45, 2.75) is 20.3 Å². The molecule has 0 bridgehead atoms. The highest BCUT2D eigenvalue weighted by atomic mass is 32.2. The van der Waals surface area contributed by atoms with Gasteiger partial charge in [-0.25, -0.2) is 8.42 Å². The molecule has 1 N–H and O–H groups in total. The fourth-order valence-electron chi connectivity index (χ4n) is 0.459. The average molecular weight is 167 g/mol. The summed E-state index contributed by atoms with van der Waals surface area (Å²) in [5, 5.41) is 0. The molecule has 0 saturated heterocycles. The van der Waals surface area contributed by atoms with Crippen LogP contribution in [0.15, 0.2) is 0 Å². The van der Waals surface area contributed by atoms with Crippen LogP contribution in [0, 0.1) is 0 Å². The monoisotopic (exact) mass is 167 g/mol. The molecule has 0 saturated carbocycles. The molecule has 62 valence electrons. The molecule has 0 aromatic heterocycles. The molecule has 0 aromatic rings. The van der Waals surface area contributed by atoms with Crippen LogP contribution in [-0.2, 0) is 14.9 Å². The van der Waals surface area contributed by atoms with Crippen molar-refractivity contribution in [3.63, 3.8) is 0 Å². The first-order valence-electron chi connectivity index (χ1n) is 3.23. The van der Waals surface area contributed by atoms with Crippen LogP contribution >= 0.6 is 0 Å². The van der Waals surface area contributed by atoms with Crippen LogP contribution in [0.3, 0.4) is 0 Å². The third-order valence-electron chi connectivity index (χ3n) is 0.803. The molecule has 10 heavy (non-hydrogen) atoms. The van der Waals surface area contributed by atoms with Crippen molar-refractivity contribution >= 4 is 10.0 Å². The summed E-state index contributed by atoms with van der Waals surface area (Å²) in [6, 6.07) is 0. The Morgan fingerprint density at radius 1 is 1.40 bits per heavy atom. The third kappa shape index (κ3) is 4.72. The van der Waals surface area contributed by atoms with Crippen molar-refractivity contribution in [3.05, 3.63) is 0 Å². The Morgan fingerprint density at radius 3 is 2.40 bits per heavy atom. The van der Waals surface area contributed by atoms with E-state index < -0.39 is 10.0 Å². The van der Waals surface area contributed by atoms with E-state index in [-0.39, 0.29) is 5.75 Å². The number of hydrogen-bond acceptors (Lipinski definition) is 3. The van der Waals surface area contributed by atoms with Gasteiger partial charge in [0.1, 0.15) is 0 Å². The van der Waals surface area contributed by atoms with Crippen LogP contribution in [0.2, 0.25) is 0 Å². The van der Waals surface area contributed by atoms with Crippen molar-refractivity contribution < 1.29 is 13.3 Å². The molecule has 5 heteroatoms. The summed E-state index contributed by atoms with van der Waals surface area (Å²) in [5.41, 5.74) is 0. The Hall–Kier alpha value is -0.130. The van der Waals surface area contributed by atoms with Gasteiger partial charge in [-0.3, -0.25) is 4.84 Å². The SMILES string of the molecule is CCCS(=O)(=O)NOCC. The molecular formula is C5H13NO3S. The zero-order valence-corrected chi connectivity index (χ0v) is 7.07. The fourth-order valence-corrected chi connectivity index (χ4v) is 1.38. The fraction of sp³-hybridized carbons (Fsp3) is 1.00. The van der Waals surface area contributed by atoms with E-state index in [4.69, 9.17) is 0 Å². The van der Waals surface area contributed by atoms with E-state index in [0.29, 0.717) is 13.0 Å². The van der Waals surface area contributed by atoms with Gasteiger partial charge in [0.2, 0.25) is 10.0 Å². The van der Waals surface area contributed by atoms with Crippen LogP contribution in [0.25, 0.3) is 0 Å². The molecule has 0 atom stereocenters. The van der Waals surface area contributed by atoms with Gasteiger partial charge >= 0.3 is 0 Å². The topological polar surface area (TPSA) is 55.4 Å². The quantitative estimate of drug-likeness (QED) is 0.598. The minimum atomic E-state index is -3.17. The van der Waals surface area contributed by atoms with Gasteiger partial charge in [0.15, 0.2) is 0 Å². The molecule has 4 nitrogen and oxygen atoms in total. The summed E-state index contributed by atoms with van der Waals surface area (Å²) in [4.78, 5) is 6.49. The first kappa shape index (κ1) is 9.87. The highest BCUT2D eigenvalue weighted by molar-refractivity contribution is 7.89. The lowest BCUT2D eigenvalue weighted by Crippen LogP contribution is -2.26. The summed E-state index contributed by atoms with van der Waals surface area (Å²) in [5.74, 6) is 0.118. The molecule has 0 aliphatic carbocycles. The van der Waals surface area contributed by atoms with Gasteiger partial charge < -0.3 is 0 Å². The van der Waals surface area contributed by atoms with Crippen molar-refractivity contribution in [3.8, 4) is 0 Å². The van der Waals surface area contributed by atoms with Crippen LogP contribution in [0.4, 0.5) is 0 Å². The molecule has 0 aliphatic heterocycles. The minimum absolute atomic E-state index is 0.118. The van der Waals surface area contributed by atoms with E-state index in [2.05, 4.69) is 4.84 Å². The van der Waals surface area contributed by atoms with Gasteiger partial charge in [-0.1, -0.05) is 11.8 Å². The summed E-state index contributed by atoms with van der Waals surface area (Å²) < 4.78 is 21.5. The van der Waals surface area contributed by atoms with Crippen LogP contribution in [0.5, 0.6) is 0 Å². The highest BCUT2D eigenvalue weighted by Gasteiger charge is 2.06. The van der Waals surface area contributed by atoms with Crippen molar-refractivity contribution in [1.29, 1.82) is 0 Å². The summed E-state index contributed by atoms with van der Waals surface area (Å²) >= 11 is 0. The van der Waals surface area contributed by atoms with E-state index >= 15 is 0 Å². The second-order valence-corrected chi connectivity index (χ2v) is 3.64. The van der Waals surface area contributed by atoms with E-state index in [9.17, 15) is 8.42 Å². The standard InChI is InChI=1S/C5H13NO3S/c1-3-5-10(7,8)6-9-4-2/h6H,3-5H2,1-2H3. The molecule has 0 aliphatic rings. The van der Waals surface area contributed by atoms with E-state index in [1.54, 1.807) is 13.8 Å². The number of nitrogens with one attached hydrogen (secondary N) is 1. The lowest BCUT2D eigenvalue weighted by Gasteiger charge is -2.02. The van der Waals surface area contributed by atoms with Crippen LogP contribution in [0.1, 0.15) is 20.3 Å². The van der Waals surface area contributed by atoms with Gasteiger partial charge in [0, 0.05) is 0 Å². The van der Waals surface area contributed by atoms with Gasteiger partial charge in [0.05, 0.1) is 12.4 Å². The summed E-state index contributed by atoms with van der Waals surface area (Å²) in [7, 11) is -3.17. The van der Waals surface area contributed by atoms with Crippen molar-refractivity contribution in [1.82, 2.24) is 4.89 Å².